The normalized spacial score (nSPS) is 15.1. The van der Waals surface area contributed by atoms with Gasteiger partial charge in [-0.1, -0.05) is 11.3 Å². The first kappa shape index (κ1) is 15.0. The highest BCUT2D eigenvalue weighted by Gasteiger charge is 2.24. The van der Waals surface area contributed by atoms with Crippen LogP contribution >= 0.6 is 11.3 Å². The molecule has 0 bridgehead atoms. The number of hydrogen-bond acceptors (Lipinski definition) is 7. The molecule has 0 spiro atoms. The molecule has 1 fully saturated rings. The van der Waals surface area contributed by atoms with Crippen molar-refractivity contribution in [2.24, 2.45) is 0 Å². The second-order valence-corrected chi connectivity index (χ2v) is 8.15. The van der Waals surface area contributed by atoms with Crippen molar-refractivity contribution in [2.45, 2.75) is 25.3 Å². The Balaban J connectivity index is 1.83. The fourth-order valence-electron chi connectivity index (χ4n) is 1.58. The number of nitrogen functional groups attached to an aromatic ring is 1. The average Bonchev–Trinajstić information content (AvgIpc) is 3.06. The van der Waals surface area contributed by atoms with Crippen LogP contribution in [-0.4, -0.2) is 43.9 Å². The number of nitrogens with one attached hydrogen (secondary N) is 2. The Bertz CT molecular complexity index is 593. The summed E-state index contributed by atoms with van der Waals surface area (Å²) in [6, 6.07) is 0.450. The third kappa shape index (κ3) is 4.64. The van der Waals surface area contributed by atoms with E-state index in [0.717, 1.165) is 12.8 Å². The van der Waals surface area contributed by atoms with Crippen molar-refractivity contribution >= 4 is 38.0 Å². The number of anilines is 2. The SMILES string of the molecule is CS(=O)(=O)CCCNC(=O)c1sc(NC2CC2)nc1N. The van der Waals surface area contributed by atoms with Gasteiger partial charge in [-0.2, -0.15) is 0 Å². The van der Waals surface area contributed by atoms with Crippen molar-refractivity contribution in [3.8, 4) is 0 Å². The van der Waals surface area contributed by atoms with Gasteiger partial charge in [0.25, 0.3) is 5.91 Å². The van der Waals surface area contributed by atoms with Crippen LogP contribution in [0.25, 0.3) is 0 Å². The molecule has 0 unspecified atom stereocenters. The van der Waals surface area contributed by atoms with Crippen LogP contribution in [0.4, 0.5) is 10.9 Å². The lowest BCUT2D eigenvalue weighted by Gasteiger charge is -2.03. The number of sulfone groups is 1. The highest BCUT2D eigenvalue weighted by atomic mass is 32.2. The second kappa shape index (κ2) is 5.96. The minimum atomic E-state index is -2.99. The maximum atomic E-state index is 11.9. The van der Waals surface area contributed by atoms with E-state index in [-0.39, 0.29) is 17.5 Å². The summed E-state index contributed by atoms with van der Waals surface area (Å²) < 4.78 is 21.9. The molecule has 1 aliphatic carbocycles. The third-order valence-electron chi connectivity index (χ3n) is 2.74. The molecule has 1 amide bonds. The van der Waals surface area contributed by atoms with Gasteiger partial charge < -0.3 is 16.4 Å². The Morgan fingerprint density at radius 3 is 2.80 bits per heavy atom. The molecule has 0 aromatic carbocycles. The predicted molar refractivity (Wildman–Crippen MR) is 79.8 cm³/mol. The molecule has 0 saturated heterocycles. The molecule has 20 heavy (non-hydrogen) atoms. The molecular weight excluding hydrogens is 300 g/mol. The molecule has 0 atom stereocenters. The summed E-state index contributed by atoms with van der Waals surface area (Å²) in [5.41, 5.74) is 5.71. The van der Waals surface area contributed by atoms with Crippen molar-refractivity contribution in [1.29, 1.82) is 0 Å². The van der Waals surface area contributed by atoms with E-state index in [1.165, 1.54) is 17.6 Å². The van der Waals surface area contributed by atoms with Crippen LogP contribution in [0.15, 0.2) is 0 Å². The lowest BCUT2D eigenvalue weighted by atomic mass is 10.4. The van der Waals surface area contributed by atoms with Crippen molar-refractivity contribution in [3.05, 3.63) is 4.88 Å². The first-order chi connectivity index (χ1) is 9.35. The number of aromatic nitrogens is 1. The van der Waals surface area contributed by atoms with Crippen LogP contribution in [0, 0.1) is 0 Å². The molecule has 112 valence electrons. The number of rotatable bonds is 7. The van der Waals surface area contributed by atoms with E-state index in [9.17, 15) is 13.2 Å². The molecule has 7 nitrogen and oxygen atoms in total. The lowest BCUT2D eigenvalue weighted by molar-refractivity contribution is 0.0958. The van der Waals surface area contributed by atoms with Gasteiger partial charge in [-0.3, -0.25) is 4.79 Å². The largest absolute Gasteiger partial charge is 0.382 e. The van der Waals surface area contributed by atoms with Gasteiger partial charge in [-0.25, -0.2) is 13.4 Å². The van der Waals surface area contributed by atoms with E-state index in [0.29, 0.717) is 29.0 Å². The number of carbonyl (C=O) groups is 1. The standard InChI is InChI=1S/C11H18N4O3S2/c1-20(17,18)6-2-5-13-10(16)8-9(12)15-11(19-8)14-7-3-4-7/h7H,2-6,12H2,1H3,(H,13,16)(H,14,15). The molecule has 1 aromatic heterocycles. The van der Waals surface area contributed by atoms with E-state index in [4.69, 9.17) is 5.73 Å². The van der Waals surface area contributed by atoms with Crippen molar-refractivity contribution in [1.82, 2.24) is 10.3 Å². The highest BCUT2D eigenvalue weighted by Crippen LogP contribution is 2.30. The topological polar surface area (TPSA) is 114 Å². The van der Waals surface area contributed by atoms with E-state index in [1.807, 2.05) is 0 Å². The van der Waals surface area contributed by atoms with Crippen LogP contribution in [0.3, 0.4) is 0 Å². The van der Waals surface area contributed by atoms with Crippen molar-refractivity contribution in [3.63, 3.8) is 0 Å². The summed E-state index contributed by atoms with van der Waals surface area (Å²) in [7, 11) is -2.99. The zero-order valence-electron chi connectivity index (χ0n) is 11.2. The molecule has 1 aliphatic rings. The van der Waals surface area contributed by atoms with Gasteiger partial charge in [0.1, 0.15) is 20.5 Å². The van der Waals surface area contributed by atoms with E-state index >= 15 is 0 Å². The van der Waals surface area contributed by atoms with E-state index < -0.39 is 9.84 Å². The number of thiazole rings is 1. The fourth-order valence-corrected chi connectivity index (χ4v) is 3.12. The summed E-state index contributed by atoms with van der Waals surface area (Å²) >= 11 is 1.22. The summed E-state index contributed by atoms with van der Waals surface area (Å²) in [4.78, 5) is 16.4. The van der Waals surface area contributed by atoms with Crippen LogP contribution < -0.4 is 16.4 Å². The average molecular weight is 318 g/mol. The Hall–Kier alpha value is -1.35. The first-order valence-electron chi connectivity index (χ1n) is 6.34. The van der Waals surface area contributed by atoms with Crippen LogP contribution in [0.1, 0.15) is 28.9 Å². The smallest absolute Gasteiger partial charge is 0.265 e. The monoisotopic (exact) mass is 318 g/mol. The first-order valence-corrected chi connectivity index (χ1v) is 9.21. The minimum absolute atomic E-state index is 0.0555. The molecule has 1 saturated carbocycles. The zero-order chi connectivity index (χ0) is 14.8. The Morgan fingerprint density at radius 2 is 2.20 bits per heavy atom. The molecule has 2 rings (SSSR count). The summed E-state index contributed by atoms with van der Waals surface area (Å²) in [6.07, 6.45) is 3.79. The number of nitrogens with zero attached hydrogens (tertiary/aromatic N) is 1. The number of nitrogens with two attached hydrogens (primary N) is 1. The Morgan fingerprint density at radius 1 is 1.50 bits per heavy atom. The Labute approximate surface area is 121 Å². The van der Waals surface area contributed by atoms with Crippen molar-refractivity contribution < 1.29 is 13.2 Å². The fraction of sp³-hybridized carbons (Fsp3) is 0.636. The van der Waals surface area contributed by atoms with Gasteiger partial charge in [-0.15, -0.1) is 0 Å². The van der Waals surface area contributed by atoms with Crippen LogP contribution in [0.5, 0.6) is 0 Å². The van der Waals surface area contributed by atoms with Gasteiger partial charge in [0.2, 0.25) is 0 Å². The summed E-state index contributed by atoms with van der Waals surface area (Å²) in [5, 5.41) is 6.50. The quantitative estimate of drug-likeness (QED) is 0.629. The van der Waals surface area contributed by atoms with E-state index in [2.05, 4.69) is 15.6 Å². The maximum absolute atomic E-state index is 11.9. The zero-order valence-corrected chi connectivity index (χ0v) is 12.8. The van der Waals surface area contributed by atoms with E-state index in [1.54, 1.807) is 0 Å². The predicted octanol–water partition coefficient (Wildman–Crippen LogP) is 0.464. The number of carbonyl (C=O) groups excluding carboxylic acids is 1. The number of amides is 1. The van der Waals surface area contributed by atoms with Gasteiger partial charge in [0, 0.05) is 18.8 Å². The minimum Gasteiger partial charge on any atom is -0.382 e. The molecule has 0 radical (unpaired) electrons. The molecule has 1 aromatic rings. The van der Waals surface area contributed by atoms with Gasteiger partial charge in [0.05, 0.1) is 5.75 Å². The van der Waals surface area contributed by atoms with Crippen molar-refractivity contribution in [2.75, 3.05) is 29.6 Å². The summed E-state index contributed by atoms with van der Waals surface area (Å²) in [6.45, 7) is 0.300. The maximum Gasteiger partial charge on any atom is 0.265 e. The highest BCUT2D eigenvalue weighted by molar-refractivity contribution is 7.90. The van der Waals surface area contributed by atoms with Crippen LogP contribution in [-0.2, 0) is 9.84 Å². The molecule has 4 N–H and O–H groups in total. The van der Waals surface area contributed by atoms with Gasteiger partial charge in [0.15, 0.2) is 5.13 Å². The third-order valence-corrected chi connectivity index (χ3v) is 4.77. The lowest BCUT2D eigenvalue weighted by Crippen LogP contribution is -2.25. The molecule has 0 aliphatic heterocycles. The van der Waals surface area contributed by atoms with Gasteiger partial charge >= 0.3 is 0 Å². The molecule has 1 heterocycles. The number of hydrogen-bond donors (Lipinski definition) is 3. The van der Waals surface area contributed by atoms with Gasteiger partial charge in [-0.05, 0) is 19.3 Å². The van der Waals surface area contributed by atoms with Crippen LogP contribution in [0.2, 0.25) is 0 Å². The summed E-state index contributed by atoms with van der Waals surface area (Å²) in [5.74, 6) is -0.0453. The molecular formula is C11H18N4O3S2. The molecule has 9 heteroatoms. The second-order valence-electron chi connectivity index (χ2n) is 4.89. The Kier molecular flexibility index (Phi) is 4.48.